The third-order valence-electron chi connectivity index (χ3n) is 4.09. The molecule has 0 bridgehead atoms. The van der Waals surface area contributed by atoms with Gasteiger partial charge in [-0.15, -0.1) is 0 Å². The number of carbonyl (C=O) groups excluding carboxylic acids is 2. The summed E-state index contributed by atoms with van der Waals surface area (Å²) in [7, 11) is 1.57. The van der Waals surface area contributed by atoms with E-state index in [1.165, 1.54) is 0 Å². The van der Waals surface area contributed by atoms with E-state index in [9.17, 15) is 9.59 Å². The van der Waals surface area contributed by atoms with Crippen LogP contribution in [-0.4, -0.2) is 32.1 Å². The largest absolute Gasteiger partial charge is 0.497 e. The van der Waals surface area contributed by atoms with Gasteiger partial charge in [-0.3, -0.25) is 4.79 Å². The van der Waals surface area contributed by atoms with E-state index >= 15 is 0 Å². The second-order valence-electron chi connectivity index (χ2n) is 6.04. The van der Waals surface area contributed by atoms with E-state index in [2.05, 4.69) is 5.32 Å². The third-order valence-corrected chi connectivity index (χ3v) is 4.09. The number of amides is 1. The first kappa shape index (κ1) is 20.3. The Hall–Kier alpha value is -3.02. The Morgan fingerprint density at radius 1 is 0.963 bits per heavy atom. The summed E-state index contributed by atoms with van der Waals surface area (Å²) < 4.78 is 15.9. The van der Waals surface area contributed by atoms with Gasteiger partial charge < -0.3 is 19.5 Å². The van der Waals surface area contributed by atoms with Crippen LogP contribution in [0.15, 0.2) is 48.5 Å². The Labute approximate surface area is 159 Å². The lowest BCUT2D eigenvalue weighted by Gasteiger charge is -2.11. The topological polar surface area (TPSA) is 73.9 Å². The third kappa shape index (κ3) is 6.33. The molecule has 0 saturated heterocycles. The summed E-state index contributed by atoms with van der Waals surface area (Å²) in [5.41, 5.74) is 0.420. The molecule has 0 aliphatic carbocycles. The monoisotopic (exact) mass is 371 g/mol. The van der Waals surface area contributed by atoms with Crippen LogP contribution >= 0.6 is 0 Å². The summed E-state index contributed by atoms with van der Waals surface area (Å²) in [6.07, 6.45) is 0.806. The van der Waals surface area contributed by atoms with Gasteiger partial charge >= 0.3 is 5.97 Å². The second kappa shape index (κ2) is 10.2. The lowest BCUT2D eigenvalue weighted by molar-refractivity contribution is -0.124. The summed E-state index contributed by atoms with van der Waals surface area (Å²) in [5.74, 6) is 1.33. The fourth-order valence-corrected chi connectivity index (χ4v) is 2.20. The van der Waals surface area contributed by atoms with E-state index in [1.807, 2.05) is 13.8 Å². The number of hydrogen-bond donors (Lipinski definition) is 1. The van der Waals surface area contributed by atoms with Gasteiger partial charge in [-0.1, -0.05) is 13.8 Å². The molecule has 0 aromatic heterocycles. The Bertz CT molecular complexity index is 740. The van der Waals surface area contributed by atoms with Crippen molar-refractivity contribution in [2.45, 2.75) is 20.3 Å². The van der Waals surface area contributed by atoms with Gasteiger partial charge in [-0.25, -0.2) is 4.79 Å². The molecule has 1 atom stereocenters. The zero-order valence-electron chi connectivity index (χ0n) is 15.9. The number of methoxy groups -OCH3 is 1. The number of esters is 1. The lowest BCUT2D eigenvalue weighted by atomic mass is 10.1. The van der Waals surface area contributed by atoms with Crippen molar-refractivity contribution in [3.8, 4) is 17.2 Å². The molecule has 6 nitrogen and oxygen atoms in total. The summed E-state index contributed by atoms with van der Waals surface area (Å²) in [6, 6.07) is 13.4. The number of hydrogen-bond acceptors (Lipinski definition) is 5. The van der Waals surface area contributed by atoms with Gasteiger partial charge in [0.05, 0.1) is 19.2 Å². The smallest absolute Gasteiger partial charge is 0.343 e. The van der Waals surface area contributed by atoms with Crippen molar-refractivity contribution < 1.29 is 23.8 Å². The standard InChI is InChI=1S/C21H25NO5/c1-4-15(2)20(23)22-13-14-26-18-7-5-16(6-8-18)21(24)27-19-11-9-17(25-3)10-12-19/h5-12,15H,4,13-14H2,1-3H3,(H,22,23). The first-order valence-corrected chi connectivity index (χ1v) is 8.90. The minimum atomic E-state index is -0.451. The molecule has 2 rings (SSSR count). The quantitative estimate of drug-likeness (QED) is 0.415. The highest BCUT2D eigenvalue weighted by Crippen LogP contribution is 2.19. The average Bonchev–Trinajstić information content (AvgIpc) is 2.71. The summed E-state index contributed by atoms with van der Waals surface area (Å²) >= 11 is 0. The SMILES string of the molecule is CCC(C)C(=O)NCCOc1ccc(C(=O)Oc2ccc(OC)cc2)cc1. The molecule has 0 fully saturated rings. The van der Waals surface area contributed by atoms with Gasteiger partial charge in [0, 0.05) is 5.92 Å². The molecule has 0 radical (unpaired) electrons. The normalized spacial score (nSPS) is 11.4. The van der Waals surface area contributed by atoms with E-state index in [0.717, 1.165) is 6.42 Å². The van der Waals surface area contributed by atoms with Crippen LogP contribution in [0.3, 0.4) is 0 Å². The predicted octanol–water partition coefficient (Wildman–Crippen LogP) is 3.46. The predicted molar refractivity (Wildman–Crippen MR) is 102 cm³/mol. The summed E-state index contributed by atoms with van der Waals surface area (Å²) in [4.78, 5) is 23.8. The fourth-order valence-electron chi connectivity index (χ4n) is 2.20. The molecular formula is C21H25NO5. The number of benzene rings is 2. The highest BCUT2D eigenvalue weighted by Gasteiger charge is 2.10. The van der Waals surface area contributed by atoms with Gasteiger partial charge in [0.25, 0.3) is 0 Å². The number of ether oxygens (including phenoxy) is 3. The molecule has 144 valence electrons. The van der Waals surface area contributed by atoms with Gasteiger partial charge in [-0.2, -0.15) is 0 Å². The van der Waals surface area contributed by atoms with Crippen LogP contribution in [0.2, 0.25) is 0 Å². The Morgan fingerprint density at radius 2 is 1.56 bits per heavy atom. The molecule has 0 aliphatic rings. The van der Waals surface area contributed by atoms with Gasteiger partial charge in [-0.05, 0) is 55.0 Å². The van der Waals surface area contributed by atoms with Gasteiger partial charge in [0.15, 0.2) is 0 Å². The Balaban J connectivity index is 1.79. The van der Waals surface area contributed by atoms with Crippen molar-refractivity contribution in [2.24, 2.45) is 5.92 Å². The minimum Gasteiger partial charge on any atom is -0.497 e. The van der Waals surface area contributed by atoms with Crippen LogP contribution in [0, 0.1) is 5.92 Å². The van der Waals surface area contributed by atoms with Crippen molar-refractivity contribution in [3.05, 3.63) is 54.1 Å². The highest BCUT2D eigenvalue weighted by atomic mass is 16.5. The molecular weight excluding hydrogens is 346 g/mol. The zero-order chi connectivity index (χ0) is 19.6. The van der Waals surface area contributed by atoms with Crippen molar-refractivity contribution in [3.63, 3.8) is 0 Å². The highest BCUT2D eigenvalue weighted by molar-refractivity contribution is 5.91. The first-order valence-electron chi connectivity index (χ1n) is 8.90. The molecule has 0 spiro atoms. The number of nitrogens with one attached hydrogen (secondary N) is 1. The Kier molecular flexibility index (Phi) is 7.67. The van der Waals surface area contributed by atoms with Crippen molar-refractivity contribution in [1.82, 2.24) is 5.32 Å². The van der Waals surface area contributed by atoms with Crippen LogP contribution in [0.25, 0.3) is 0 Å². The lowest BCUT2D eigenvalue weighted by Crippen LogP contribution is -2.32. The first-order chi connectivity index (χ1) is 13.0. The molecule has 0 aliphatic heterocycles. The molecule has 1 N–H and O–H groups in total. The van der Waals surface area contributed by atoms with E-state index in [4.69, 9.17) is 14.2 Å². The van der Waals surface area contributed by atoms with Crippen LogP contribution in [0.4, 0.5) is 0 Å². The average molecular weight is 371 g/mol. The Morgan fingerprint density at radius 3 is 2.15 bits per heavy atom. The van der Waals surface area contributed by atoms with Crippen molar-refractivity contribution >= 4 is 11.9 Å². The van der Waals surface area contributed by atoms with Crippen molar-refractivity contribution in [1.29, 1.82) is 0 Å². The molecule has 0 saturated carbocycles. The molecule has 0 heterocycles. The van der Waals surface area contributed by atoms with E-state index in [0.29, 0.717) is 36.0 Å². The van der Waals surface area contributed by atoms with Gasteiger partial charge in [0.1, 0.15) is 23.9 Å². The van der Waals surface area contributed by atoms with Crippen molar-refractivity contribution in [2.75, 3.05) is 20.3 Å². The van der Waals surface area contributed by atoms with Crippen LogP contribution < -0.4 is 19.5 Å². The van der Waals surface area contributed by atoms with Crippen LogP contribution in [0.5, 0.6) is 17.2 Å². The number of carbonyl (C=O) groups is 2. The maximum Gasteiger partial charge on any atom is 0.343 e. The summed E-state index contributed by atoms with van der Waals surface area (Å²) in [5, 5.41) is 2.82. The van der Waals surface area contributed by atoms with Crippen LogP contribution in [-0.2, 0) is 4.79 Å². The second-order valence-corrected chi connectivity index (χ2v) is 6.04. The zero-order valence-corrected chi connectivity index (χ0v) is 15.9. The molecule has 2 aromatic rings. The fraction of sp³-hybridized carbons (Fsp3) is 0.333. The molecule has 1 unspecified atom stereocenters. The minimum absolute atomic E-state index is 0.000924. The van der Waals surface area contributed by atoms with Gasteiger partial charge in [0.2, 0.25) is 5.91 Å². The maximum atomic E-state index is 12.2. The number of rotatable bonds is 9. The molecule has 2 aromatic carbocycles. The molecule has 6 heteroatoms. The maximum absolute atomic E-state index is 12.2. The van der Waals surface area contributed by atoms with E-state index in [1.54, 1.807) is 55.6 Å². The van der Waals surface area contributed by atoms with E-state index in [-0.39, 0.29) is 11.8 Å². The van der Waals surface area contributed by atoms with Crippen LogP contribution in [0.1, 0.15) is 30.6 Å². The summed E-state index contributed by atoms with van der Waals surface area (Å²) in [6.45, 7) is 4.66. The molecule has 27 heavy (non-hydrogen) atoms. The van der Waals surface area contributed by atoms with E-state index < -0.39 is 5.97 Å². The molecule has 1 amide bonds.